The maximum atomic E-state index is 5.98. The van der Waals surface area contributed by atoms with Gasteiger partial charge in [-0.15, -0.1) is 0 Å². The first-order chi connectivity index (χ1) is 11.5. The molecule has 128 valence electrons. The van der Waals surface area contributed by atoms with Gasteiger partial charge in [-0.1, -0.05) is 29.8 Å². The van der Waals surface area contributed by atoms with Crippen LogP contribution < -0.4 is 15.8 Å². The standard InChI is InChI=1S/C20H27N3O/c1-14-11-15(2)19(16(3)12-14)13-23-20(21)22-10-9-17-5-7-18(24-4)8-6-17/h5-8,11-12H,9-10,13H2,1-4H3,(H3,21,22,23). The van der Waals surface area contributed by atoms with Crippen LogP contribution >= 0.6 is 0 Å². The van der Waals surface area contributed by atoms with Crippen LogP contribution in [0, 0.1) is 20.8 Å². The van der Waals surface area contributed by atoms with Gasteiger partial charge in [0.15, 0.2) is 5.96 Å². The van der Waals surface area contributed by atoms with Crippen LogP contribution in [0.4, 0.5) is 0 Å². The van der Waals surface area contributed by atoms with Crippen molar-refractivity contribution in [3.05, 3.63) is 64.2 Å². The zero-order valence-corrected chi connectivity index (χ0v) is 15.0. The zero-order valence-electron chi connectivity index (χ0n) is 15.0. The highest BCUT2D eigenvalue weighted by Crippen LogP contribution is 2.17. The first kappa shape index (κ1) is 17.9. The SMILES string of the molecule is COc1ccc(CCNC(N)=NCc2c(C)cc(C)cc2C)cc1. The molecule has 2 aromatic carbocycles. The summed E-state index contributed by atoms with van der Waals surface area (Å²) in [6.45, 7) is 7.73. The fourth-order valence-electron chi connectivity index (χ4n) is 2.81. The highest BCUT2D eigenvalue weighted by atomic mass is 16.5. The quantitative estimate of drug-likeness (QED) is 0.633. The molecule has 4 heteroatoms. The van der Waals surface area contributed by atoms with E-state index >= 15 is 0 Å². The molecular formula is C20H27N3O. The minimum Gasteiger partial charge on any atom is -0.497 e. The van der Waals surface area contributed by atoms with E-state index in [-0.39, 0.29) is 0 Å². The highest BCUT2D eigenvalue weighted by Gasteiger charge is 2.03. The van der Waals surface area contributed by atoms with Crippen LogP contribution in [0.5, 0.6) is 5.75 Å². The number of nitrogens with zero attached hydrogens (tertiary/aromatic N) is 1. The Kier molecular flexibility index (Phi) is 6.24. The third-order valence-electron chi connectivity index (χ3n) is 4.13. The first-order valence-corrected chi connectivity index (χ1v) is 8.23. The molecule has 24 heavy (non-hydrogen) atoms. The van der Waals surface area contributed by atoms with Crippen molar-refractivity contribution in [1.82, 2.24) is 5.32 Å². The van der Waals surface area contributed by atoms with Crippen molar-refractivity contribution in [2.45, 2.75) is 33.7 Å². The lowest BCUT2D eigenvalue weighted by Crippen LogP contribution is -2.33. The van der Waals surface area contributed by atoms with Crippen LogP contribution in [-0.4, -0.2) is 19.6 Å². The van der Waals surface area contributed by atoms with Crippen LogP contribution in [-0.2, 0) is 13.0 Å². The van der Waals surface area contributed by atoms with E-state index < -0.39 is 0 Å². The lowest BCUT2D eigenvalue weighted by molar-refractivity contribution is 0.414. The van der Waals surface area contributed by atoms with Crippen molar-refractivity contribution in [2.24, 2.45) is 10.7 Å². The van der Waals surface area contributed by atoms with Crippen LogP contribution in [0.2, 0.25) is 0 Å². The summed E-state index contributed by atoms with van der Waals surface area (Å²) < 4.78 is 5.16. The minimum atomic E-state index is 0.489. The second-order valence-electron chi connectivity index (χ2n) is 6.10. The number of aryl methyl sites for hydroxylation is 3. The third kappa shape index (κ3) is 5.01. The van der Waals surface area contributed by atoms with E-state index in [4.69, 9.17) is 10.5 Å². The summed E-state index contributed by atoms with van der Waals surface area (Å²) in [7, 11) is 1.67. The number of hydrogen-bond acceptors (Lipinski definition) is 2. The van der Waals surface area contributed by atoms with Gasteiger partial charge >= 0.3 is 0 Å². The monoisotopic (exact) mass is 325 g/mol. The van der Waals surface area contributed by atoms with Gasteiger partial charge in [0.25, 0.3) is 0 Å². The molecular weight excluding hydrogens is 298 g/mol. The molecule has 0 fully saturated rings. The van der Waals surface area contributed by atoms with Gasteiger partial charge in [0.1, 0.15) is 5.75 Å². The van der Waals surface area contributed by atoms with Crippen molar-refractivity contribution >= 4 is 5.96 Å². The van der Waals surface area contributed by atoms with Gasteiger partial charge in [0.2, 0.25) is 0 Å². The molecule has 0 aromatic heterocycles. The predicted octanol–water partition coefficient (Wildman–Crippen LogP) is 3.27. The summed E-state index contributed by atoms with van der Waals surface area (Å²) >= 11 is 0. The van der Waals surface area contributed by atoms with Crippen LogP contribution in [0.25, 0.3) is 0 Å². The van der Waals surface area contributed by atoms with Crippen molar-refractivity contribution in [3.8, 4) is 5.75 Å². The van der Waals surface area contributed by atoms with Crippen molar-refractivity contribution in [1.29, 1.82) is 0 Å². The second kappa shape index (κ2) is 8.39. The Morgan fingerprint density at radius 3 is 2.29 bits per heavy atom. The molecule has 3 N–H and O–H groups in total. The lowest BCUT2D eigenvalue weighted by atomic mass is 10.00. The highest BCUT2D eigenvalue weighted by molar-refractivity contribution is 5.77. The molecule has 2 rings (SSSR count). The van der Waals surface area contributed by atoms with E-state index in [1.165, 1.54) is 27.8 Å². The summed E-state index contributed by atoms with van der Waals surface area (Å²) in [5.41, 5.74) is 12.3. The van der Waals surface area contributed by atoms with Crippen molar-refractivity contribution in [3.63, 3.8) is 0 Å². The Morgan fingerprint density at radius 2 is 1.71 bits per heavy atom. The van der Waals surface area contributed by atoms with Crippen LogP contribution in [0.15, 0.2) is 41.4 Å². The molecule has 0 aliphatic rings. The van der Waals surface area contributed by atoms with E-state index in [0.717, 1.165) is 18.7 Å². The molecule has 0 amide bonds. The van der Waals surface area contributed by atoms with Gasteiger partial charge in [0, 0.05) is 6.54 Å². The van der Waals surface area contributed by atoms with Crippen molar-refractivity contribution < 1.29 is 4.74 Å². The fraction of sp³-hybridized carbons (Fsp3) is 0.350. The van der Waals surface area contributed by atoms with Gasteiger partial charge in [-0.05, 0) is 61.6 Å². The van der Waals surface area contributed by atoms with Gasteiger partial charge in [0.05, 0.1) is 13.7 Å². The molecule has 4 nitrogen and oxygen atoms in total. The van der Waals surface area contributed by atoms with E-state index in [2.05, 4.69) is 55.3 Å². The van der Waals surface area contributed by atoms with Gasteiger partial charge in [-0.2, -0.15) is 0 Å². The Balaban J connectivity index is 1.86. The number of aliphatic imine (C=N–C) groups is 1. The third-order valence-corrected chi connectivity index (χ3v) is 4.13. The number of rotatable bonds is 6. The summed E-state index contributed by atoms with van der Waals surface area (Å²) in [5, 5.41) is 3.18. The maximum absolute atomic E-state index is 5.98. The minimum absolute atomic E-state index is 0.489. The molecule has 0 heterocycles. The van der Waals surface area contributed by atoms with Gasteiger partial charge < -0.3 is 15.8 Å². The van der Waals surface area contributed by atoms with Crippen LogP contribution in [0.1, 0.15) is 27.8 Å². The summed E-state index contributed by atoms with van der Waals surface area (Å²) in [4.78, 5) is 4.47. The Hall–Kier alpha value is -2.49. The molecule has 0 bridgehead atoms. The number of methoxy groups -OCH3 is 1. The average Bonchev–Trinajstić information content (AvgIpc) is 2.54. The summed E-state index contributed by atoms with van der Waals surface area (Å²) in [5.74, 6) is 1.36. The molecule has 0 aliphatic carbocycles. The molecule has 0 atom stereocenters. The molecule has 0 radical (unpaired) electrons. The molecule has 0 aliphatic heterocycles. The average molecular weight is 325 g/mol. The fourth-order valence-corrected chi connectivity index (χ4v) is 2.81. The molecule has 0 saturated carbocycles. The maximum Gasteiger partial charge on any atom is 0.188 e. The van der Waals surface area contributed by atoms with E-state index in [0.29, 0.717) is 12.5 Å². The van der Waals surface area contributed by atoms with Crippen LogP contribution in [0.3, 0.4) is 0 Å². The smallest absolute Gasteiger partial charge is 0.188 e. The molecule has 0 saturated heterocycles. The number of nitrogens with two attached hydrogens (primary N) is 1. The summed E-state index contributed by atoms with van der Waals surface area (Å²) in [6.07, 6.45) is 0.892. The predicted molar refractivity (Wildman–Crippen MR) is 101 cm³/mol. The zero-order chi connectivity index (χ0) is 17.5. The second-order valence-corrected chi connectivity index (χ2v) is 6.10. The molecule has 2 aromatic rings. The number of guanidine groups is 1. The number of hydrogen-bond donors (Lipinski definition) is 2. The van der Waals surface area contributed by atoms with E-state index in [1.54, 1.807) is 7.11 Å². The van der Waals surface area contributed by atoms with Gasteiger partial charge in [-0.25, -0.2) is 4.99 Å². The topological polar surface area (TPSA) is 59.6 Å². The number of nitrogens with one attached hydrogen (secondary N) is 1. The first-order valence-electron chi connectivity index (χ1n) is 8.23. The lowest BCUT2D eigenvalue weighted by Gasteiger charge is -2.10. The van der Waals surface area contributed by atoms with Gasteiger partial charge in [-0.3, -0.25) is 0 Å². The Morgan fingerprint density at radius 1 is 1.08 bits per heavy atom. The van der Waals surface area contributed by atoms with E-state index in [9.17, 15) is 0 Å². The van der Waals surface area contributed by atoms with Crippen molar-refractivity contribution in [2.75, 3.05) is 13.7 Å². The Labute approximate surface area is 144 Å². The number of ether oxygens (including phenoxy) is 1. The summed E-state index contributed by atoms with van der Waals surface area (Å²) in [6, 6.07) is 12.4. The molecule has 0 unspecified atom stereocenters. The van der Waals surface area contributed by atoms with E-state index in [1.807, 2.05) is 12.1 Å². The largest absolute Gasteiger partial charge is 0.497 e. The molecule has 0 spiro atoms. The Bertz CT molecular complexity index is 682. The number of benzene rings is 2. The normalized spacial score (nSPS) is 11.4.